The van der Waals surface area contributed by atoms with Crippen LogP contribution in [0.3, 0.4) is 0 Å². The topological polar surface area (TPSA) is 18.5 Å². The molecule has 0 unspecified atom stereocenters. The normalized spacial score (nSPS) is 12.6. The van der Waals surface area contributed by atoms with E-state index >= 15 is 0 Å². The summed E-state index contributed by atoms with van der Waals surface area (Å²) in [5.41, 5.74) is 6.91. The average Bonchev–Trinajstić information content (AvgIpc) is 2.89. The summed E-state index contributed by atoms with van der Waals surface area (Å²) in [5, 5.41) is 4.76. The van der Waals surface area contributed by atoms with Crippen LogP contribution in [0.4, 0.5) is 0 Å². The van der Waals surface area contributed by atoms with Gasteiger partial charge in [-0.15, -0.1) is 0 Å². The van der Waals surface area contributed by atoms with Crippen molar-refractivity contribution in [2.24, 2.45) is 0 Å². The van der Waals surface area contributed by atoms with Gasteiger partial charge in [-0.05, 0) is 69.4 Å². The predicted molar refractivity (Wildman–Crippen MR) is 138 cm³/mol. The van der Waals surface area contributed by atoms with Crippen LogP contribution in [0.25, 0.3) is 54.9 Å². The number of ether oxygens (including phenoxy) is 2. The molecule has 0 N–H and O–H groups in total. The van der Waals surface area contributed by atoms with Gasteiger partial charge in [-0.2, -0.15) is 0 Å². The molecule has 6 aromatic carbocycles. The zero-order valence-corrected chi connectivity index (χ0v) is 18.2. The van der Waals surface area contributed by atoms with E-state index in [1.165, 1.54) is 32.7 Å². The maximum atomic E-state index is 6.38. The largest absolute Gasteiger partial charge is 0.456 e. The second-order valence-corrected chi connectivity index (χ2v) is 8.95. The van der Waals surface area contributed by atoms with Crippen molar-refractivity contribution in [2.45, 2.75) is 0 Å². The molecule has 2 aliphatic heterocycles. The van der Waals surface area contributed by atoms with E-state index in [0.717, 1.165) is 45.3 Å². The molecule has 0 bridgehead atoms. The SMILES string of the molecule is c1cc2c3c(cccc3c1)-c1ccc(-c3ccc4c(c3)Oc3cccc5cccc-4c35)cc1O2. The van der Waals surface area contributed by atoms with Crippen molar-refractivity contribution in [2.75, 3.05) is 0 Å². The van der Waals surface area contributed by atoms with Gasteiger partial charge < -0.3 is 9.47 Å². The first-order chi connectivity index (χ1) is 16.8. The third kappa shape index (κ3) is 2.40. The van der Waals surface area contributed by atoms with Crippen molar-refractivity contribution in [3.8, 4) is 56.4 Å². The maximum Gasteiger partial charge on any atom is 0.135 e. The molecule has 2 heterocycles. The summed E-state index contributed by atoms with van der Waals surface area (Å²) in [6.07, 6.45) is 0. The molecule has 2 nitrogen and oxygen atoms in total. The van der Waals surface area contributed by atoms with E-state index in [4.69, 9.17) is 9.47 Å². The Labute approximate surface area is 196 Å². The summed E-state index contributed by atoms with van der Waals surface area (Å²) in [6.45, 7) is 0. The molecule has 0 atom stereocenters. The molecule has 0 aromatic heterocycles. The van der Waals surface area contributed by atoms with E-state index in [9.17, 15) is 0 Å². The smallest absolute Gasteiger partial charge is 0.135 e. The van der Waals surface area contributed by atoms with Crippen molar-refractivity contribution in [1.82, 2.24) is 0 Å². The lowest BCUT2D eigenvalue weighted by molar-refractivity contribution is 0.486. The monoisotopic (exact) mass is 434 g/mol. The molecule has 0 radical (unpaired) electrons. The predicted octanol–water partition coefficient (Wildman–Crippen LogP) is 9.21. The Kier molecular flexibility index (Phi) is 3.42. The summed E-state index contributed by atoms with van der Waals surface area (Å²) in [4.78, 5) is 0. The zero-order chi connectivity index (χ0) is 22.2. The van der Waals surface area contributed by atoms with Gasteiger partial charge in [0.15, 0.2) is 0 Å². The van der Waals surface area contributed by atoms with Crippen molar-refractivity contribution in [1.29, 1.82) is 0 Å². The molecule has 0 spiro atoms. The summed E-state index contributed by atoms with van der Waals surface area (Å²) in [6, 6.07) is 38.3. The van der Waals surface area contributed by atoms with Gasteiger partial charge in [0.1, 0.15) is 23.0 Å². The lowest BCUT2D eigenvalue weighted by Crippen LogP contribution is -1.98. The Hall–Kier alpha value is -4.56. The van der Waals surface area contributed by atoms with Crippen LogP contribution in [0.2, 0.25) is 0 Å². The Balaban J connectivity index is 1.26. The molecule has 8 rings (SSSR count). The third-order valence-electron chi connectivity index (χ3n) is 7.05. The minimum absolute atomic E-state index is 0.887. The second-order valence-electron chi connectivity index (χ2n) is 8.95. The fourth-order valence-corrected chi connectivity index (χ4v) is 5.49. The van der Waals surface area contributed by atoms with Gasteiger partial charge in [0.05, 0.1) is 0 Å². The molecule has 2 aliphatic rings. The van der Waals surface area contributed by atoms with Crippen molar-refractivity contribution >= 4 is 21.5 Å². The maximum absolute atomic E-state index is 6.38. The number of fused-ring (bicyclic) bond motifs is 4. The van der Waals surface area contributed by atoms with Gasteiger partial charge in [0, 0.05) is 21.9 Å². The standard InChI is InChI=1S/C32H18O2/c1-5-19-7-3-11-27-31(19)25(9-1)23-15-13-21(17-29(23)33-27)22-14-16-24-26-10-2-6-20-8-4-12-28(32(20)26)34-30(24)18-22/h1-18H. The fraction of sp³-hybridized carbons (Fsp3) is 0. The van der Waals surface area contributed by atoms with Gasteiger partial charge in [-0.3, -0.25) is 0 Å². The van der Waals surface area contributed by atoms with Crippen LogP contribution in [0.15, 0.2) is 109 Å². The number of hydrogen-bond donors (Lipinski definition) is 0. The molecule has 0 fully saturated rings. The highest BCUT2D eigenvalue weighted by atomic mass is 16.5. The average molecular weight is 434 g/mol. The summed E-state index contributed by atoms with van der Waals surface area (Å²) >= 11 is 0. The van der Waals surface area contributed by atoms with Crippen LogP contribution < -0.4 is 9.47 Å². The first kappa shape index (κ1) is 17.9. The highest BCUT2D eigenvalue weighted by Gasteiger charge is 2.22. The number of benzene rings is 6. The third-order valence-corrected chi connectivity index (χ3v) is 7.05. The summed E-state index contributed by atoms with van der Waals surface area (Å²) in [7, 11) is 0. The van der Waals surface area contributed by atoms with Crippen LogP contribution in [0.1, 0.15) is 0 Å². The molecule has 34 heavy (non-hydrogen) atoms. The number of rotatable bonds is 1. The Bertz CT molecular complexity index is 1670. The van der Waals surface area contributed by atoms with E-state index in [1.54, 1.807) is 0 Å². The number of hydrogen-bond acceptors (Lipinski definition) is 2. The van der Waals surface area contributed by atoms with Crippen LogP contribution in [0.5, 0.6) is 23.0 Å². The van der Waals surface area contributed by atoms with Crippen LogP contribution in [0, 0.1) is 0 Å². The zero-order valence-electron chi connectivity index (χ0n) is 18.2. The van der Waals surface area contributed by atoms with E-state index in [-0.39, 0.29) is 0 Å². The molecule has 0 amide bonds. The van der Waals surface area contributed by atoms with E-state index in [0.29, 0.717) is 0 Å². The fourth-order valence-electron chi connectivity index (χ4n) is 5.49. The lowest BCUT2D eigenvalue weighted by Gasteiger charge is -2.23. The molecule has 0 aliphatic carbocycles. The van der Waals surface area contributed by atoms with Crippen molar-refractivity contribution < 1.29 is 9.47 Å². The van der Waals surface area contributed by atoms with Crippen LogP contribution in [-0.4, -0.2) is 0 Å². The molecule has 2 heteroatoms. The van der Waals surface area contributed by atoms with Gasteiger partial charge in [-0.25, -0.2) is 0 Å². The quantitative estimate of drug-likeness (QED) is 0.256. The Morgan fingerprint density at radius 1 is 0.353 bits per heavy atom. The van der Waals surface area contributed by atoms with E-state index in [2.05, 4.69) is 97.1 Å². The molecular weight excluding hydrogens is 416 g/mol. The van der Waals surface area contributed by atoms with Crippen molar-refractivity contribution in [3.05, 3.63) is 109 Å². The Morgan fingerprint density at radius 2 is 0.794 bits per heavy atom. The molecule has 158 valence electrons. The van der Waals surface area contributed by atoms with E-state index in [1.807, 2.05) is 12.1 Å². The first-order valence-electron chi connectivity index (χ1n) is 11.5. The molecule has 6 aromatic rings. The molecular formula is C32H18O2. The minimum Gasteiger partial charge on any atom is -0.456 e. The molecule has 0 saturated heterocycles. The van der Waals surface area contributed by atoms with Crippen LogP contribution in [-0.2, 0) is 0 Å². The van der Waals surface area contributed by atoms with Crippen molar-refractivity contribution in [3.63, 3.8) is 0 Å². The highest BCUT2D eigenvalue weighted by Crippen LogP contribution is 2.49. The highest BCUT2D eigenvalue weighted by molar-refractivity contribution is 6.05. The first-order valence-corrected chi connectivity index (χ1v) is 11.5. The Morgan fingerprint density at radius 3 is 1.26 bits per heavy atom. The lowest BCUT2D eigenvalue weighted by atomic mass is 9.91. The van der Waals surface area contributed by atoms with Gasteiger partial charge in [-0.1, -0.05) is 72.8 Å². The summed E-state index contributed by atoms with van der Waals surface area (Å²) in [5.74, 6) is 3.60. The van der Waals surface area contributed by atoms with Crippen LogP contribution >= 0.6 is 0 Å². The molecule has 0 saturated carbocycles. The minimum atomic E-state index is 0.887. The van der Waals surface area contributed by atoms with Gasteiger partial charge >= 0.3 is 0 Å². The summed E-state index contributed by atoms with van der Waals surface area (Å²) < 4.78 is 12.8. The van der Waals surface area contributed by atoms with E-state index < -0.39 is 0 Å². The second kappa shape index (κ2) is 6.49. The van der Waals surface area contributed by atoms with Gasteiger partial charge in [0.25, 0.3) is 0 Å². The van der Waals surface area contributed by atoms with Gasteiger partial charge in [0.2, 0.25) is 0 Å².